The summed E-state index contributed by atoms with van der Waals surface area (Å²) in [6.45, 7) is 4.03. The van der Waals surface area contributed by atoms with E-state index >= 15 is 0 Å². The molecule has 0 aliphatic carbocycles. The average Bonchev–Trinajstić information content (AvgIpc) is 3.32. The lowest BCUT2D eigenvalue weighted by Gasteiger charge is -2.14. The maximum atomic E-state index is 12.4. The van der Waals surface area contributed by atoms with Gasteiger partial charge in [0.1, 0.15) is 0 Å². The molecular weight excluding hydrogens is 408 g/mol. The molecular formula is C22H28N8O2. The molecule has 1 aliphatic heterocycles. The fourth-order valence-corrected chi connectivity index (χ4v) is 3.33. The fourth-order valence-electron chi connectivity index (χ4n) is 3.33. The van der Waals surface area contributed by atoms with Crippen molar-refractivity contribution in [2.24, 2.45) is 10.7 Å². The quantitative estimate of drug-likeness (QED) is 0.422. The van der Waals surface area contributed by atoms with Crippen LogP contribution in [-0.2, 0) is 6.54 Å². The van der Waals surface area contributed by atoms with Crippen molar-refractivity contribution in [3.05, 3.63) is 65.4 Å². The minimum absolute atomic E-state index is 0.00342. The van der Waals surface area contributed by atoms with Crippen molar-refractivity contribution in [3.63, 3.8) is 0 Å². The number of benzene rings is 1. The molecule has 0 spiro atoms. The summed E-state index contributed by atoms with van der Waals surface area (Å²) in [6, 6.07) is 7.27. The topological polar surface area (TPSA) is 152 Å². The number of anilines is 1. The van der Waals surface area contributed by atoms with Gasteiger partial charge in [-0.05, 0) is 43.6 Å². The molecule has 2 aromatic rings. The molecule has 0 atom stereocenters. The maximum absolute atomic E-state index is 12.4. The summed E-state index contributed by atoms with van der Waals surface area (Å²) in [7, 11) is 0. The molecule has 1 saturated heterocycles. The lowest BCUT2D eigenvalue weighted by Crippen LogP contribution is -2.33. The summed E-state index contributed by atoms with van der Waals surface area (Å²) in [5.74, 6) is -0.619. The van der Waals surface area contributed by atoms with Gasteiger partial charge in [-0.3, -0.25) is 14.6 Å². The van der Waals surface area contributed by atoms with Gasteiger partial charge in [0.05, 0.1) is 12.2 Å². The molecule has 3 rings (SSSR count). The highest BCUT2D eigenvalue weighted by atomic mass is 16.2. The summed E-state index contributed by atoms with van der Waals surface area (Å²) in [5.41, 5.74) is 13.0. The first kappa shape index (κ1) is 22.9. The van der Waals surface area contributed by atoms with Crippen LogP contribution in [0.1, 0.15) is 39.3 Å². The van der Waals surface area contributed by atoms with Gasteiger partial charge >= 0.3 is 0 Å². The second-order valence-electron chi connectivity index (χ2n) is 7.34. The van der Waals surface area contributed by atoms with Gasteiger partial charge in [-0.1, -0.05) is 12.1 Å². The SMILES string of the molecule is N/C=C(\C=NCc1cccc(C(=O)NCCN2CCCC2)c1)NC(=O)c1nccnc1N. The zero-order chi connectivity index (χ0) is 22.8. The van der Waals surface area contributed by atoms with Gasteiger partial charge < -0.3 is 27.0 Å². The largest absolute Gasteiger partial charge is 0.403 e. The van der Waals surface area contributed by atoms with Gasteiger partial charge in [0.2, 0.25) is 0 Å². The molecule has 168 valence electrons. The van der Waals surface area contributed by atoms with E-state index in [-0.39, 0.29) is 23.1 Å². The van der Waals surface area contributed by atoms with E-state index in [1.165, 1.54) is 37.6 Å². The van der Waals surface area contributed by atoms with Crippen LogP contribution in [-0.4, -0.2) is 59.1 Å². The Bertz CT molecular complexity index is 999. The van der Waals surface area contributed by atoms with E-state index in [2.05, 4.69) is 30.5 Å². The summed E-state index contributed by atoms with van der Waals surface area (Å²) >= 11 is 0. The molecule has 2 heterocycles. The van der Waals surface area contributed by atoms with Gasteiger partial charge in [0.25, 0.3) is 11.8 Å². The van der Waals surface area contributed by atoms with E-state index in [0.717, 1.165) is 25.2 Å². The Balaban J connectivity index is 1.51. The number of aliphatic imine (C=N–C) groups is 1. The van der Waals surface area contributed by atoms with E-state index in [9.17, 15) is 9.59 Å². The summed E-state index contributed by atoms with van der Waals surface area (Å²) in [6.07, 6.45) is 7.90. The van der Waals surface area contributed by atoms with Crippen molar-refractivity contribution in [2.45, 2.75) is 19.4 Å². The second kappa shape index (κ2) is 11.6. The van der Waals surface area contributed by atoms with Crippen LogP contribution < -0.4 is 22.1 Å². The molecule has 6 N–H and O–H groups in total. The van der Waals surface area contributed by atoms with Crippen LogP contribution >= 0.6 is 0 Å². The summed E-state index contributed by atoms with van der Waals surface area (Å²) < 4.78 is 0. The van der Waals surface area contributed by atoms with Crippen molar-refractivity contribution in [1.29, 1.82) is 0 Å². The van der Waals surface area contributed by atoms with Crippen LogP contribution in [0.15, 0.2) is 53.5 Å². The van der Waals surface area contributed by atoms with Crippen LogP contribution in [0.25, 0.3) is 0 Å². The highest BCUT2D eigenvalue weighted by molar-refractivity contribution is 6.00. The number of nitrogen functional groups attached to an aromatic ring is 1. The van der Waals surface area contributed by atoms with Crippen molar-refractivity contribution < 1.29 is 9.59 Å². The monoisotopic (exact) mass is 436 g/mol. The van der Waals surface area contributed by atoms with E-state index in [4.69, 9.17) is 11.5 Å². The fraction of sp³-hybridized carbons (Fsp3) is 0.318. The lowest BCUT2D eigenvalue weighted by molar-refractivity contribution is 0.0946. The normalized spacial score (nSPS) is 14.6. The first-order valence-electron chi connectivity index (χ1n) is 10.5. The van der Waals surface area contributed by atoms with Crippen LogP contribution in [0.4, 0.5) is 5.82 Å². The molecule has 1 aliphatic rings. The molecule has 1 aromatic carbocycles. The predicted molar refractivity (Wildman–Crippen MR) is 123 cm³/mol. The zero-order valence-electron chi connectivity index (χ0n) is 17.8. The highest BCUT2D eigenvalue weighted by Gasteiger charge is 2.13. The number of aromatic nitrogens is 2. The van der Waals surface area contributed by atoms with Crippen molar-refractivity contribution >= 4 is 23.8 Å². The number of nitrogens with zero attached hydrogens (tertiary/aromatic N) is 4. The molecule has 32 heavy (non-hydrogen) atoms. The van der Waals surface area contributed by atoms with E-state index < -0.39 is 5.91 Å². The van der Waals surface area contributed by atoms with Gasteiger partial charge in [-0.25, -0.2) is 9.97 Å². The van der Waals surface area contributed by atoms with Crippen LogP contribution in [0.3, 0.4) is 0 Å². The minimum Gasteiger partial charge on any atom is -0.403 e. The number of hydrogen-bond acceptors (Lipinski definition) is 8. The Morgan fingerprint density at radius 2 is 1.94 bits per heavy atom. The molecule has 0 radical (unpaired) electrons. The number of carbonyl (C=O) groups is 2. The minimum atomic E-state index is -0.536. The Morgan fingerprint density at radius 1 is 1.16 bits per heavy atom. The molecule has 0 saturated carbocycles. The number of nitrogens with two attached hydrogens (primary N) is 2. The highest BCUT2D eigenvalue weighted by Crippen LogP contribution is 2.08. The number of hydrogen-bond donors (Lipinski definition) is 4. The zero-order valence-corrected chi connectivity index (χ0v) is 17.8. The number of rotatable bonds is 9. The first-order valence-corrected chi connectivity index (χ1v) is 10.5. The van der Waals surface area contributed by atoms with Gasteiger partial charge in [-0.2, -0.15) is 0 Å². The molecule has 0 bridgehead atoms. The molecule has 10 heteroatoms. The number of nitrogens with one attached hydrogen (secondary N) is 2. The van der Waals surface area contributed by atoms with Crippen LogP contribution in [0.5, 0.6) is 0 Å². The number of allylic oxidation sites excluding steroid dienone is 1. The molecule has 1 fully saturated rings. The number of amides is 2. The van der Waals surface area contributed by atoms with Crippen LogP contribution in [0, 0.1) is 0 Å². The third kappa shape index (κ3) is 6.61. The third-order valence-corrected chi connectivity index (χ3v) is 4.98. The Labute approximate surface area is 186 Å². The Hall–Kier alpha value is -3.79. The second-order valence-corrected chi connectivity index (χ2v) is 7.34. The molecule has 1 aromatic heterocycles. The molecule has 10 nitrogen and oxygen atoms in total. The standard InChI is InChI=1S/C22H28N8O2/c23-13-18(29-22(32)19-20(24)27-7-6-26-19)15-25-14-16-4-3-5-17(12-16)21(31)28-8-11-30-9-1-2-10-30/h3-7,12-13,15H,1-2,8-11,14,23H2,(H2,24,27)(H,28,31)(H,29,32)/b18-13+,25-15?. The Morgan fingerprint density at radius 3 is 2.69 bits per heavy atom. The van der Waals surface area contributed by atoms with E-state index in [0.29, 0.717) is 18.7 Å². The van der Waals surface area contributed by atoms with Gasteiger partial charge in [0.15, 0.2) is 11.5 Å². The van der Waals surface area contributed by atoms with Crippen molar-refractivity contribution in [1.82, 2.24) is 25.5 Å². The van der Waals surface area contributed by atoms with E-state index in [1.807, 2.05) is 12.1 Å². The summed E-state index contributed by atoms with van der Waals surface area (Å²) in [4.78, 5) is 39.1. The Kier molecular flexibility index (Phi) is 8.27. The number of likely N-dealkylation sites (tertiary alicyclic amines) is 1. The van der Waals surface area contributed by atoms with Crippen molar-refractivity contribution in [3.8, 4) is 0 Å². The predicted octanol–water partition coefficient (Wildman–Crippen LogP) is 0.685. The maximum Gasteiger partial charge on any atom is 0.278 e. The average molecular weight is 437 g/mol. The third-order valence-electron chi connectivity index (χ3n) is 4.98. The smallest absolute Gasteiger partial charge is 0.278 e. The molecule has 2 amide bonds. The molecule has 0 unspecified atom stereocenters. The lowest BCUT2D eigenvalue weighted by atomic mass is 10.1. The van der Waals surface area contributed by atoms with Gasteiger partial charge in [-0.15, -0.1) is 0 Å². The van der Waals surface area contributed by atoms with Gasteiger partial charge in [0, 0.05) is 43.5 Å². The number of carbonyl (C=O) groups excluding carboxylic acids is 2. The van der Waals surface area contributed by atoms with Crippen molar-refractivity contribution in [2.75, 3.05) is 31.9 Å². The summed E-state index contributed by atoms with van der Waals surface area (Å²) in [5, 5.41) is 5.55. The first-order chi connectivity index (χ1) is 15.6. The van der Waals surface area contributed by atoms with E-state index in [1.54, 1.807) is 12.1 Å². The van der Waals surface area contributed by atoms with Crippen LogP contribution in [0.2, 0.25) is 0 Å².